The van der Waals surface area contributed by atoms with Gasteiger partial charge in [0.15, 0.2) is 0 Å². The van der Waals surface area contributed by atoms with Gasteiger partial charge in [0.05, 0.1) is 16.8 Å². The van der Waals surface area contributed by atoms with Crippen LogP contribution in [-0.2, 0) is 11.3 Å². The average molecular weight is 533 g/mol. The summed E-state index contributed by atoms with van der Waals surface area (Å²) in [6.45, 7) is 5.87. The SMILES string of the molecule is CCC(C(=O)Nc1c(C(N)=O)sc2nc(C(F)F)cc(-c3cnn(CC)c3C)c12)n1cc([N+](=O)[O-])cn1. The first-order chi connectivity index (χ1) is 17.6. The Morgan fingerprint density at radius 3 is 2.51 bits per heavy atom. The van der Waals surface area contributed by atoms with Crippen LogP contribution in [0.2, 0.25) is 0 Å². The van der Waals surface area contributed by atoms with E-state index < -0.39 is 34.9 Å². The number of fused-ring (bicyclic) bond motifs is 1. The predicted octanol–water partition coefficient (Wildman–Crippen LogP) is 4.22. The minimum absolute atomic E-state index is 0.0181. The highest BCUT2D eigenvalue weighted by Gasteiger charge is 2.29. The third kappa shape index (κ3) is 4.64. The van der Waals surface area contributed by atoms with Crippen molar-refractivity contribution in [2.24, 2.45) is 5.73 Å². The van der Waals surface area contributed by atoms with Crippen molar-refractivity contribution in [2.45, 2.75) is 46.2 Å². The van der Waals surface area contributed by atoms with Gasteiger partial charge in [0.25, 0.3) is 12.3 Å². The lowest BCUT2D eigenvalue weighted by molar-refractivity contribution is -0.385. The van der Waals surface area contributed by atoms with Crippen molar-refractivity contribution >= 4 is 44.7 Å². The standard InChI is InChI=1S/C22H22F2N8O4S/c1-4-15(31-9-11(7-26-31)32(35)36)21(34)29-17-16-12(13-8-27-30(5-2)10(13)3)6-14(19(23)24)28-22(16)37-18(17)20(25)33/h6-9,15,19H,4-5H2,1-3H3,(H2,25,33)(H,29,34). The van der Waals surface area contributed by atoms with Gasteiger partial charge in [-0.25, -0.2) is 13.8 Å². The lowest BCUT2D eigenvalue weighted by Gasteiger charge is -2.16. The Hall–Kier alpha value is -4.27. The zero-order valence-corrected chi connectivity index (χ0v) is 20.8. The fraction of sp³-hybridized carbons (Fsp3) is 0.318. The van der Waals surface area contributed by atoms with Gasteiger partial charge in [-0.15, -0.1) is 11.3 Å². The number of halogens is 2. The molecule has 4 rings (SSSR count). The van der Waals surface area contributed by atoms with E-state index in [1.807, 2.05) is 6.92 Å². The number of hydrogen-bond acceptors (Lipinski definition) is 8. The molecule has 15 heteroatoms. The van der Waals surface area contributed by atoms with Crippen molar-refractivity contribution < 1.29 is 23.3 Å². The molecule has 2 amide bonds. The summed E-state index contributed by atoms with van der Waals surface area (Å²) in [6, 6.07) is 0.240. The topological polar surface area (TPSA) is 164 Å². The molecule has 0 fully saturated rings. The monoisotopic (exact) mass is 532 g/mol. The number of carbonyl (C=O) groups excluding carboxylic acids is 2. The van der Waals surface area contributed by atoms with E-state index in [9.17, 15) is 28.5 Å². The number of carbonyl (C=O) groups is 2. The fourth-order valence-corrected chi connectivity index (χ4v) is 5.07. The largest absolute Gasteiger partial charge is 0.365 e. The van der Waals surface area contributed by atoms with Crippen LogP contribution in [0.25, 0.3) is 21.3 Å². The summed E-state index contributed by atoms with van der Waals surface area (Å²) in [7, 11) is 0. The van der Waals surface area contributed by atoms with Crippen molar-refractivity contribution in [2.75, 3.05) is 5.32 Å². The number of primary amides is 1. The summed E-state index contributed by atoms with van der Waals surface area (Å²) in [5, 5.41) is 22.2. The Kier molecular flexibility index (Phi) is 6.98. The number of hydrogen-bond donors (Lipinski definition) is 2. The number of pyridine rings is 1. The van der Waals surface area contributed by atoms with Crippen LogP contribution in [0.3, 0.4) is 0 Å². The quantitative estimate of drug-likeness (QED) is 0.241. The molecule has 4 aromatic heterocycles. The molecule has 1 unspecified atom stereocenters. The maximum atomic E-state index is 13.7. The van der Waals surface area contributed by atoms with Crippen molar-refractivity contribution in [3.05, 3.63) is 51.0 Å². The third-order valence-corrected chi connectivity index (χ3v) is 6.98. The molecule has 12 nitrogen and oxygen atoms in total. The van der Waals surface area contributed by atoms with E-state index in [1.165, 1.54) is 12.3 Å². The van der Waals surface area contributed by atoms with Crippen LogP contribution in [0.1, 0.15) is 53.8 Å². The molecule has 1 atom stereocenters. The molecular weight excluding hydrogens is 510 g/mol. The minimum Gasteiger partial charge on any atom is -0.365 e. The molecule has 4 heterocycles. The van der Waals surface area contributed by atoms with E-state index in [0.29, 0.717) is 23.4 Å². The second-order valence-corrected chi connectivity index (χ2v) is 9.05. The van der Waals surface area contributed by atoms with E-state index >= 15 is 0 Å². The van der Waals surface area contributed by atoms with Gasteiger partial charge < -0.3 is 11.1 Å². The van der Waals surface area contributed by atoms with Gasteiger partial charge in [0.1, 0.15) is 33.8 Å². The summed E-state index contributed by atoms with van der Waals surface area (Å²) in [6.07, 6.45) is 0.989. The van der Waals surface area contributed by atoms with Gasteiger partial charge in [0, 0.05) is 23.2 Å². The maximum Gasteiger partial charge on any atom is 0.307 e. The van der Waals surface area contributed by atoms with Crippen LogP contribution in [0.4, 0.5) is 20.2 Å². The van der Waals surface area contributed by atoms with Crippen molar-refractivity contribution in [1.82, 2.24) is 24.5 Å². The van der Waals surface area contributed by atoms with Crippen LogP contribution in [0.5, 0.6) is 0 Å². The normalized spacial score (nSPS) is 12.3. The Morgan fingerprint density at radius 1 is 1.24 bits per heavy atom. The number of nitrogens with one attached hydrogen (secondary N) is 1. The van der Waals surface area contributed by atoms with Crippen LogP contribution in [0.15, 0.2) is 24.7 Å². The number of nitro groups is 1. The van der Waals surface area contributed by atoms with Gasteiger partial charge in [0.2, 0.25) is 5.91 Å². The maximum absolute atomic E-state index is 13.7. The number of rotatable bonds is 9. The average Bonchev–Trinajstić information content (AvgIpc) is 3.56. The molecule has 0 spiro atoms. The van der Waals surface area contributed by atoms with E-state index in [2.05, 4.69) is 20.5 Å². The van der Waals surface area contributed by atoms with Crippen molar-refractivity contribution in [3.63, 3.8) is 0 Å². The molecule has 0 bridgehead atoms. The van der Waals surface area contributed by atoms with E-state index in [4.69, 9.17) is 5.73 Å². The number of nitrogens with zero attached hydrogens (tertiary/aromatic N) is 6. The van der Waals surface area contributed by atoms with Gasteiger partial charge in [-0.2, -0.15) is 10.2 Å². The first-order valence-electron chi connectivity index (χ1n) is 11.1. The van der Waals surface area contributed by atoms with E-state index in [0.717, 1.165) is 28.4 Å². The highest BCUT2D eigenvalue weighted by molar-refractivity contribution is 7.21. The number of alkyl halides is 2. The molecule has 194 valence electrons. The summed E-state index contributed by atoms with van der Waals surface area (Å²) < 4.78 is 30.3. The van der Waals surface area contributed by atoms with Gasteiger partial charge in [-0.3, -0.25) is 29.1 Å². The number of anilines is 1. The van der Waals surface area contributed by atoms with Crippen molar-refractivity contribution in [1.29, 1.82) is 0 Å². The lowest BCUT2D eigenvalue weighted by atomic mass is 10.0. The summed E-state index contributed by atoms with van der Waals surface area (Å²) in [5.74, 6) is -1.51. The van der Waals surface area contributed by atoms with Gasteiger partial charge in [-0.05, 0) is 31.9 Å². The summed E-state index contributed by atoms with van der Waals surface area (Å²) in [5.41, 5.74) is 6.33. The number of nitrogens with two attached hydrogens (primary N) is 1. The molecule has 0 radical (unpaired) electrons. The summed E-state index contributed by atoms with van der Waals surface area (Å²) >= 11 is 0.783. The zero-order valence-electron chi connectivity index (χ0n) is 19.9. The smallest absolute Gasteiger partial charge is 0.307 e. The van der Waals surface area contributed by atoms with Crippen LogP contribution in [0, 0.1) is 17.0 Å². The second-order valence-electron chi connectivity index (χ2n) is 8.05. The van der Waals surface area contributed by atoms with Gasteiger partial charge in [-0.1, -0.05) is 6.92 Å². The first kappa shape index (κ1) is 25.8. The van der Waals surface area contributed by atoms with Crippen LogP contribution < -0.4 is 11.1 Å². The molecule has 0 saturated carbocycles. The molecule has 0 saturated heterocycles. The third-order valence-electron chi connectivity index (χ3n) is 5.88. The number of aryl methyl sites for hydroxylation is 1. The minimum atomic E-state index is -2.89. The molecule has 0 aliphatic rings. The number of amides is 2. The van der Waals surface area contributed by atoms with Crippen LogP contribution >= 0.6 is 11.3 Å². The number of aromatic nitrogens is 5. The number of thiophene rings is 1. The summed E-state index contributed by atoms with van der Waals surface area (Å²) in [4.78, 5) is 40.1. The highest BCUT2D eigenvalue weighted by Crippen LogP contribution is 2.43. The van der Waals surface area contributed by atoms with Crippen molar-refractivity contribution in [3.8, 4) is 11.1 Å². The molecule has 0 aliphatic carbocycles. The first-order valence-corrected chi connectivity index (χ1v) is 12.0. The Balaban J connectivity index is 1.90. The van der Waals surface area contributed by atoms with E-state index in [-0.39, 0.29) is 32.9 Å². The molecule has 3 N–H and O–H groups in total. The molecular formula is C22H22F2N8O4S. The predicted molar refractivity (Wildman–Crippen MR) is 132 cm³/mol. The fourth-order valence-electron chi connectivity index (χ4n) is 4.06. The van der Waals surface area contributed by atoms with Gasteiger partial charge >= 0.3 is 5.69 Å². The van der Waals surface area contributed by atoms with E-state index in [1.54, 1.807) is 18.5 Å². The van der Waals surface area contributed by atoms with Crippen LogP contribution in [-0.4, -0.2) is 41.3 Å². The Labute approximate surface area is 212 Å². The Bertz CT molecular complexity index is 1530. The molecule has 37 heavy (non-hydrogen) atoms. The molecule has 4 aromatic rings. The lowest BCUT2D eigenvalue weighted by Crippen LogP contribution is -2.27. The molecule has 0 aromatic carbocycles. The molecule has 0 aliphatic heterocycles. The Morgan fingerprint density at radius 2 is 1.97 bits per heavy atom. The zero-order chi connectivity index (χ0) is 27.0. The highest BCUT2D eigenvalue weighted by atomic mass is 32.1. The second kappa shape index (κ2) is 10.0.